The van der Waals surface area contributed by atoms with Crippen LogP contribution >= 0.6 is 0 Å². The molecule has 0 spiro atoms. The molecule has 0 atom stereocenters. The summed E-state index contributed by atoms with van der Waals surface area (Å²) in [7, 11) is 1.96. The Labute approximate surface area is 82.1 Å². The Morgan fingerprint density at radius 3 is 2.23 bits per heavy atom. The monoisotopic (exact) mass is 182 g/mol. The molecule has 2 N–H and O–H groups in total. The van der Waals surface area contributed by atoms with Crippen LogP contribution in [-0.2, 0) is 0 Å². The molecule has 0 aromatic carbocycles. The summed E-state index contributed by atoms with van der Waals surface area (Å²) < 4.78 is 0. The van der Waals surface area contributed by atoms with Crippen molar-refractivity contribution in [3.8, 4) is 0 Å². The normalized spacial score (nSPS) is 11.3. The zero-order valence-electron chi connectivity index (χ0n) is 9.49. The van der Waals surface area contributed by atoms with Gasteiger partial charge < -0.3 is 10.6 Å². The Morgan fingerprint density at radius 2 is 1.92 bits per heavy atom. The molecule has 0 aromatic heterocycles. The van der Waals surface area contributed by atoms with Gasteiger partial charge in [-0.05, 0) is 34.2 Å². The van der Waals surface area contributed by atoms with E-state index < -0.39 is 0 Å². The van der Waals surface area contributed by atoms with Gasteiger partial charge in [-0.2, -0.15) is 0 Å². The topological polar surface area (TPSA) is 24.1 Å². The first kappa shape index (κ1) is 12.2. The van der Waals surface area contributed by atoms with Crippen molar-refractivity contribution in [1.82, 2.24) is 10.6 Å². The Hall–Kier alpha value is -0.760. The fraction of sp³-hybridized carbons (Fsp3) is 0.636. The molecule has 2 nitrogen and oxygen atoms in total. The van der Waals surface area contributed by atoms with Crippen LogP contribution in [0.25, 0.3) is 0 Å². The van der Waals surface area contributed by atoms with Gasteiger partial charge in [0.15, 0.2) is 0 Å². The number of rotatable bonds is 5. The van der Waals surface area contributed by atoms with Gasteiger partial charge in [0.05, 0.1) is 0 Å². The first-order chi connectivity index (χ1) is 6.15. The lowest BCUT2D eigenvalue weighted by Gasteiger charge is -2.14. The van der Waals surface area contributed by atoms with E-state index in [-0.39, 0.29) is 0 Å². The Kier molecular flexibility index (Phi) is 6.33. The quantitative estimate of drug-likeness (QED) is 0.682. The molecule has 0 bridgehead atoms. The number of hydrogen-bond acceptors (Lipinski definition) is 2. The molecule has 0 aliphatic carbocycles. The van der Waals surface area contributed by atoms with E-state index >= 15 is 0 Å². The third-order valence-corrected chi connectivity index (χ3v) is 1.98. The summed E-state index contributed by atoms with van der Waals surface area (Å²) >= 11 is 0. The SMILES string of the molecule is C/C=C(\CNC)NC(CC)=C(C)C. The van der Waals surface area contributed by atoms with Crippen molar-refractivity contribution in [2.24, 2.45) is 0 Å². The van der Waals surface area contributed by atoms with Gasteiger partial charge in [0.1, 0.15) is 0 Å². The number of likely N-dealkylation sites (N-methyl/N-ethyl adjacent to an activating group) is 1. The lowest BCUT2D eigenvalue weighted by Crippen LogP contribution is -2.22. The molecule has 2 heteroatoms. The Morgan fingerprint density at radius 1 is 1.31 bits per heavy atom. The number of allylic oxidation sites excluding steroid dienone is 3. The highest BCUT2D eigenvalue weighted by atomic mass is 15.0. The van der Waals surface area contributed by atoms with Gasteiger partial charge in [0.25, 0.3) is 0 Å². The van der Waals surface area contributed by atoms with E-state index in [1.165, 1.54) is 17.0 Å². The van der Waals surface area contributed by atoms with Crippen LogP contribution in [0.5, 0.6) is 0 Å². The summed E-state index contributed by atoms with van der Waals surface area (Å²) in [5.74, 6) is 0. The fourth-order valence-electron chi connectivity index (χ4n) is 1.17. The molecule has 0 fully saturated rings. The van der Waals surface area contributed by atoms with Crippen molar-refractivity contribution in [2.45, 2.75) is 34.1 Å². The molecule has 0 saturated carbocycles. The highest BCUT2D eigenvalue weighted by Crippen LogP contribution is 2.06. The second kappa shape index (κ2) is 6.72. The molecule has 0 heterocycles. The van der Waals surface area contributed by atoms with E-state index in [0.29, 0.717) is 0 Å². The summed E-state index contributed by atoms with van der Waals surface area (Å²) in [6.07, 6.45) is 3.17. The maximum Gasteiger partial charge on any atom is 0.0351 e. The van der Waals surface area contributed by atoms with Crippen LogP contribution < -0.4 is 10.6 Å². The zero-order chi connectivity index (χ0) is 10.3. The fourth-order valence-corrected chi connectivity index (χ4v) is 1.17. The third kappa shape index (κ3) is 4.73. The van der Waals surface area contributed by atoms with Crippen molar-refractivity contribution >= 4 is 0 Å². The van der Waals surface area contributed by atoms with Gasteiger partial charge in [0, 0.05) is 17.9 Å². The average Bonchev–Trinajstić information content (AvgIpc) is 2.11. The van der Waals surface area contributed by atoms with Crippen LogP contribution in [0.3, 0.4) is 0 Å². The van der Waals surface area contributed by atoms with Crippen molar-refractivity contribution < 1.29 is 0 Å². The second-order valence-corrected chi connectivity index (χ2v) is 3.30. The summed E-state index contributed by atoms with van der Waals surface area (Å²) in [6.45, 7) is 9.39. The average molecular weight is 182 g/mol. The van der Waals surface area contributed by atoms with Gasteiger partial charge >= 0.3 is 0 Å². The molecule has 0 aliphatic heterocycles. The van der Waals surface area contributed by atoms with E-state index in [9.17, 15) is 0 Å². The third-order valence-electron chi connectivity index (χ3n) is 1.98. The van der Waals surface area contributed by atoms with Crippen LogP contribution in [0.2, 0.25) is 0 Å². The maximum atomic E-state index is 3.43. The van der Waals surface area contributed by atoms with Crippen molar-refractivity contribution in [1.29, 1.82) is 0 Å². The van der Waals surface area contributed by atoms with Gasteiger partial charge in [-0.3, -0.25) is 0 Å². The molecule has 0 unspecified atom stereocenters. The Bertz CT molecular complexity index is 198. The number of nitrogens with one attached hydrogen (secondary N) is 2. The highest BCUT2D eigenvalue weighted by Gasteiger charge is 1.98. The Balaban J connectivity index is 4.31. The van der Waals surface area contributed by atoms with E-state index in [1.54, 1.807) is 0 Å². The minimum Gasteiger partial charge on any atom is -0.362 e. The van der Waals surface area contributed by atoms with Crippen molar-refractivity contribution in [3.05, 3.63) is 23.0 Å². The van der Waals surface area contributed by atoms with Gasteiger partial charge in [-0.1, -0.05) is 18.6 Å². The van der Waals surface area contributed by atoms with Crippen molar-refractivity contribution in [3.63, 3.8) is 0 Å². The van der Waals surface area contributed by atoms with E-state index in [0.717, 1.165) is 13.0 Å². The summed E-state index contributed by atoms with van der Waals surface area (Å²) in [4.78, 5) is 0. The molecule has 0 rings (SSSR count). The summed E-state index contributed by atoms with van der Waals surface area (Å²) in [5, 5.41) is 6.57. The van der Waals surface area contributed by atoms with E-state index in [1.807, 2.05) is 7.05 Å². The highest BCUT2D eigenvalue weighted by molar-refractivity contribution is 5.15. The van der Waals surface area contributed by atoms with Crippen LogP contribution in [0.4, 0.5) is 0 Å². The number of hydrogen-bond donors (Lipinski definition) is 2. The van der Waals surface area contributed by atoms with E-state index in [2.05, 4.69) is 44.4 Å². The van der Waals surface area contributed by atoms with Crippen molar-refractivity contribution in [2.75, 3.05) is 13.6 Å². The standard InChI is InChI=1S/C11H22N2/c1-6-10(8-12-5)13-11(7-2)9(3)4/h6,12-13H,7-8H2,1-5H3/b10-6+. The van der Waals surface area contributed by atoms with Crippen LogP contribution in [0.1, 0.15) is 34.1 Å². The molecule has 0 radical (unpaired) electrons. The minimum atomic E-state index is 0.896. The second-order valence-electron chi connectivity index (χ2n) is 3.30. The first-order valence-corrected chi connectivity index (χ1v) is 4.88. The summed E-state index contributed by atoms with van der Waals surface area (Å²) in [6, 6.07) is 0. The maximum absolute atomic E-state index is 3.43. The van der Waals surface area contributed by atoms with Gasteiger partial charge in [-0.25, -0.2) is 0 Å². The van der Waals surface area contributed by atoms with Crippen LogP contribution in [-0.4, -0.2) is 13.6 Å². The minimum absolute atomic E-state index is 0.896. The molecule has 76 valence electrons. The van der Waals surface area contributed by atoms with Crippen LogP contribution in [0.15, 0.2) is 23.0 Å². The molecule has 0 amide bonds. The lowest BCUT2D eigenvalue weighted by molar-refractivity contribution is 0.778. The molecular formula is C11H22N2. The first-order valence-electron chi connectivity index (χ1n) is 4.88. The smallest absolute Gasteiger partial charge is 0.0351 e. The van der Waals surface area contributed by atoms with E-state index in [4.69, 9.17) is 0 Å². The molecular weight excluding hydrogens is 160 g/mol. The lowest BCUT2D eigenvalue weighted by atomic mass is 10.2. The predicted molar refractivity (Wildman–Crippen MR) is 59.5 cm³/mol. The molecule has 0 aliphatic rings. The predicted octanol–water partition coefficient (Wildman–Crippen LogP) is 2.40. The molecule has 0 aromatic rings. The molecule has 0 saturated heterocycles. The zero-order valence-corrected chi connectivity index (χ0v) is 9.49. The largest absolute Gasteiger partial charge is 0.362 e. The molecule has 13 heavy (non-hydrogen) atoms. The van der Waals surface area contributed by atoms with Gasteiger partial charge in [0.2, 0.25) is 0 Å². The van der Waals surface area contributed by atoms with Crippen LogP contribution in [0, 0.1) is 0 Å². The summed E-state index contributed by atoms with van der Waals surface area (Å²) in [5.41, 5.74) is 3.92. The van der Waals surface area contributed by atoms with Gasteiger partial charge in [-0.15, -0.1) is 0 Å².